The molecule has 0 atom stereocenters. The summed E-state index contributed by atoms with van der Waals surface area (Å²) in [5.41, 5.74) is 3.28. The summed E-state index contributed by atoms with van der Waals surface area (Å²) >= 11 is 0. The van der Waals surface area contributed by atoms with E-state index in [9.17, 15) is 4.79 Å². The molecule has 158 valence electrons. The van der Waals surface area contributed by atoms with Crippen LogP contribution in [-0.4, -0.2) is 68.0 Å². The SMILES string of the molecule is Cc1cc(C)n2nc(CC(=O)N3CCCN(CCCc4ccccc4)CC3)nc2n1. The molecular formula is C23H30N6O. The van der Waals surface area contributed by atoms with Gasteiger partial charge in [-0.15, -0.1) is 5.10 Å². The molecule has 7 heteroatoms. The number of carbonyl (C=O) groups is 1. The first kappa shape index (κ1) is 20.5. The molecule has 1 aliphatic rings. The van der Waals surface area contributed by atoms with Crippen LogP contribution in [0.5, 0.6) is 0 Å². The number of amides is 1. The Labute approximate surface area is 177 Å². The quantitative estimate of drug-likeness (QED) is 0.629. The van der Waals surface area contributed by atoms with E-state index in [1.54, 1.807) is 4.52 Å². The number of hydrogen-bond acceptors (Lipinski definition) is 5. The van der Waals surface area contributed by atoms with Gasteiger partial charge in [0.1, 0.15) is 0 Å². The number of aryl methyl sites for hydroxylation is 3. The molecule has 7 nitrogen and oxygen atoms in total. The summed E-state index contributed by atoms with van der Waals surface area (Å²) in [5, 5.41) is 4.48. The summed E-state index contributed by atoms with van der Waals surface area (Å²) in [4.78, 5) is 26.2. The zero-order chi connectivity index (χ0) is 20.9. The summed E-state index contributed by atoms with van der Waals surface area (Å²) in [6.07, 6.45) is 3.49. The van der Waals surface area contributed by atoms with Gasteiger partial charge < -0.3 is 9.80 Å². The molecule has 0 spiro atoms. The van der Waals surface area contributed by atoms with Gasteiger partial charge >= 0.3 is 0 Å². The van der Waals surface area contributed by atoms with Crippen molar-refractivity contribution in [1.82, 2.24) is 29.4 Å². The average molecular weight is 407 g/mol. The lowest BCUT2D eigenvalue weighted by molar-refractivity contribution is -0.130. The van der Waals surface area contributed by atoms with Crippen molar-refractivity contribution in [3.8, 4) is 0 Å². The Hall–Kier alpha value is -2.80. The molecule has 3 heterocycles. The van der Waals surface area contributed by atoms with Crippen molar-refractivity contribution in [3.05, 3.63) is 59.2 Å². The fourth-order valence-electron chi connectivity index (χ4n) is 4.13. The second kappa shape index (κ2) is 9.34. The van der Waals surface area contributed by atoms with Gasteiger partial charge in [-0.2, -0.15) is 4.98 Å². The Morgan fingerprint density at radius 3 is 2.70 bits per heavy atom. The van der Waals surface area contributed by atoms with Crippen LogP contribution in [0.3, 0.4) is 0 Å². The van der Waals surface area contributed by atoms with E-state index in [0.717, 1.165) is 63.4 Å². The first-order valence-corrected chi connectivity index (χ1v) is 10.8. The second-order valence-electron chi connectivity index (χ2n) is 8.12. The molecular weight excluding hydrogens is 376 g/mol. The third-order valence-electron chi connectivity index (χ3n) is 5.70. The molecule has 30 heavy (non-hydrogen) atoms. The van der Waals surface area contributed by atoms with Gasteiger partial charge in [-0.25, -0.2) is 9.50 Å². The molecule has 0 unspecified atom stereocenters. The number of nitrogens with zero attached hydrogens (tertiary/aromatic N) is 6. The Balaban J connectivity index is 1.28. The predicted molar refractivity (Wildman–Crippen MR) is 116 cm³/mol. The number of hydrogen-bond donors (Lipinski definition) is 0. The minimum Gasteiger partial charge on any atom is -0.341 e. The monoisotopic (exact) mass is 406 g/mol. The van der Waals surface area contributed by atoms with Gasteiger partial charge in [0.25, 0.3) is 5.78 Å². The number of rotatable bonds is 6. The summed E-state index contributed by atoms with van der Waals surface area (Å²) in [5.74, 6) is 1.22. The predicted octanol–water partition coefficient (Wildman–Crippen LogP) is 2.45. The van der Waals surface area contributed by atoms with E-state index in [1.807, 2.05) is 24.8 Å². The number of benzene rings is 1. The Morgan fingerprint density at radius 1 is 1.03 bits per heavy atom. The van der Waals surface area contributed by atoms with E-state index < -0.39 is 0 Å². The van der Waals surface area contributed by atoms with Gasteiger partial charge in [0.2, 0.25) is 5.91 Å². The fourth-order valence-corrected chi connectivity index (χ4v) is 4.13. The van der Waals surface area contributed by atoms with Gasteiger partial charge in [0.15, 0.2) is 5.82 Å². The molecule has 1 fully saturated rings. The van der Waals surface area contributed by atoms with E-state index >= 15 is 0 Å². The summed E-state index contributed by atoms with van der Waals surface area (Å²) < 4.78 is 1.71. The molecule has 1 amide bonds. The molecule has 0 N–H and O–H groups in total. The van der Waals surface area contributed by atoms with Crippen LogP contribution in [0.1, 0.15) is 35.6 Å². The van der Waals surface area contributed by atoms with Crippen LogP contribution in [0.2, 0.25) is 0 Å². The standard InChI is InChI=1S/C23H30N6O/c1-18-16-19(2)29-23(24-18)25-21(26-29)17-22(30)28-13-7-12-27(14-15-28)11-6-10-20-8-4-3-5-9-20/h3-5,8-9,16H,6-7,10-15,17H2,1-2H3. The van der Waals surface area contributed by atoms with Crippen molar-refractivity contribution in [2.45, 2.75) is 39.5 Å². The largest absolute Gasteiger partial charge is 0.341 e. The zero-order valence-corrected chi connectivity index (χ0v) is 17.9. The van der Waals surface area contributed by atoms with Gasteiger partial charge in [-0.3, -0.25) is 4.79 Å². The summed E-state index contributed by atoms with van der Waals surface area (Å²) in [7, 11) is 0. The molecule has 1 saturated heterocycles. The van der Waals surface area contributed by atoms with Crippen LogP contribution >= 0.6 is 0 Å². The zero-order valence-electron chi connectivity index (χ0n) is 17.9. The van der Waals surface area contributed by atoms with Gasteiger partial charge in [-0.1, -0.05) is 30.3 Å². The van der Waals surface area contributed by atoms with Crippen LogP contribution in [0.15, 0.2) is 36.4 Å². The fraction of sp³-hybridized carbons (Fsp3) is 0.478. The van der Waals surface area contributed by atoms with Crippen molar-refractivity contribution in [1.29, 1.82) is 0 Å². The lowest BCUT2D eigenvalue weighted by Crippen LogP contribution is -2.36. The smallest absolute Gasteiger partial charge is 0.252 e. The lowest BCUT2D eigenvalue weighted by Gasteiger charge is -2.21. The minimum atomic E-state index is 0.103. The highest BCUT2D eigenvalue weighted by Gasteiger charge is 2.21. The van der Waals surface area contributed by atoms with Crippen LogP contribution in [0.25, 0.3) is 5.78 Å². The summed E-state index contributed by atoms with van der Waals surface area (Å²) in [6, 6.07) is 12.6. The number of aromatic nitrogens is 4. The van der Waals surface area contributed by atoms with Crippen LogP contribution < -0.4 is 0 Å². The first-order valence-electron chi connectivity index (χ1n) is 10.8. The van der Waals surface area contributed by atoms with Crippen molar-refractivity contribution in [2.24, 2.45) is 0 Å². The molecule has 0 radical (unpaired) electrons. The van der Waals surface area contributed by atoms with E-state index in [-0.39, 0.29) is 12.3 Å². The molecule has 2 aromatic heterocycles. The van der Waals surface area contributed by atoms with Crippen LogP contribution in [0, 0.1) is 13.8 Å². The Morgan fingerprint density at radius 2 is 1.87 bits per heavy atom. The maximum absolute atomic E-state index is 12.9. The molecule has 0 bridgehead atoms. The normalized spacial score (nSPS) is 15.5. The number of carbonyl (C=O) groups excluding carboxylic acids is 1. The number of fused-ring (bicyclic) bond motifs is 1. The molecule has 1 aliphatic heterocycles. The Bertz CT molecular complexity index is 1000. The molecule has 0 saturated carbocycles. The minimum absolute atomic E-state index is 0.103. The van der Waals surface area contributed by atoms with Crippen molar-refractivity contribution in [3.63, 3.8) is 0 Å². The van der Waals surface area contributed by atoms with Crippen molar-refractivity contribution in [2.75, 3.05) is 32.7 Å². The van der Waals surface area contributed by atoms with E-state index in [2.05, 4.69) is 50.3 Å². The molecule has 4 rings (SSSR count). The third kappa shape index (κ3) is 5.02. The molecule has 1 aromatic carbocycles. The first-order chi connectivity index (χ1) is 14.6. The van der Waals surface area contributed by atoms with Crippen molar-refractivity contribution < 1.29 is 4.79 Å². The molecule has 3 aromatic rings. The van der Waals surface area contributed by atoms with Crippen LogP contribution in [-0.2, 0) is 17.6 Å². The highest BCUT2D eigenvalue weighted by Crippen LogP contribution is 2.10. The van der Waals surface area contributed by atoms with Gasteiger partial charge in [-0.05, 0) is 57.8 Å². The average Bonchev–Trinajstić information content (AvgIpc) is 2.98. The maximum atomic E-state index is 12.9. The highest BCUT2D eigenvalue weighted by atomic mass is 16.2. The second-order valence-corrected chi connectivity index (χ2v) is 8.12. The van der Waals surface area contributed by atoms with Crippen molar-refractivity contribution >= 4 is 11.7 Å². The molecule has 0 aliphatic carbocycles. The summed E-state index contributed by atoms with van der Waals surface area (Å²) in [6.45, 7) is 8.55. The van der Waals surface area contributed by atoms with E-state index in [0.29, 0.717) is 11.6 Å². The lowest BCUT2D eigenvalue weighted by atomic mass is 10.1. The maximum Gasteiger partial charge on any atom is 0.252 e. The van der Waals surface area contributed by atoms with Gasteiger partial charge in [0.05, 0.1) is 6.42 Å². The van der Waals surface area contributed by atoms with E-state index in [1.165, 1.54) is 5.56 Å². The third-order valence-corrected chi connectivity index (χ3v) is 5.70. The topological polar surface area (TPSA) is 66.6 Å². The van der Waals surface area contributed by atoms with Crippen LogP contribution in [0.4, 0.5) is 0 Å². The highest BCUT2D eigenvalue weighted by molar-refractivity contribution is 5.78. The van der Waals surface area contributed by atoms with Gasteiger partial charge in [0, 0.05) is 31.0 Å². The Kier molecular flexibility index (Phi) is 6.38. The van der Waals surface area contributed by atoms with E-state index in [4.69, 9.17) is 0 Å².